The molecule has 3 aromatic heterocycles. The van der Waals surface area contributed by atoms with Crippen molar-refractivity contribution in [2.24, 2.45) is 0 Å². The quantitative estimate of drug-likeness (QED) is 0.607. The smallest absolute Gasteiger partial charge is 0.159 e. The Morgan fingerprint density at radius 1 is 0.800 bits per heavy atom. The van der Waals surface area contributed by atoms with Gasteiger partial charge >= 0.3 is 0 Å². The first-order valence-electron chi connectivity index (χ1n) is 8.19. The molecule has 0 bridgehead atoms. The minimum absolute atomic E-state index is 0.720. The normalized spacial score (nSPS) is 10.7. The van der Waals surface area contributed by atoms with E-state index in [2.05, 4.69) is 24.9 Å². The summed E-state index contributed by atoms with van der Waals surface area (Å²) in [5.41, 5.74) is 4.04. The third-order valence-electron chi connectivity index (χ3n) is 4.01. The fraction of sp³-hybridized carbons (Fsp3) is 0.100. The van der Waals surface area contributed by atoms with Gasteiger partial charge in [0.05, 0.1) is 5.69 Å². The van der Waals surface area contributed by atoms with E-state index >= 15 is 0 Å². The molecule has 0 amide bonds. The lowest BCUT2D eigenvalue weighted by molar-refractivity contribution is 0.882. The van der Waals surface area contributed by atoms with Crippen LogP contribution in [0.1, 0.15) is 11.4 Å². The number of nitrogens with one attached hydrogen (secondary N) is 1. The minimum atomic E-state index is 0.720. The van der Waals surface area contributed by atoms with Crippen molar-refractivity contribution in [1.82, 2.24) is 24.9 Å². The average Bonchev–Trinajstić information content (AvgIpc) is 3.17. The van der Waals surface area contributed by atoms with Gasteiger partial charge in [0, 0.05) is 48.5 Å². The first-order valence-corrected chi connectivity index (χ1v) is 8.19. The highest BCUT2D eigenvalue weighted by atomic mass is 14.9. The SMILES string of the molecule is c1ccc(-c2ncc(-c3c[nH]c(CCc4ccncc4)n3)cn2)cc1. The van der Waals surface area contributed by atoms with Crippen molar-refractivity contribution < 1.29 is 0 Å². The standard InChI is InChI=1S/C20H17N5/c1-2-4-16(5-3-1)20-23-12-17(13-24-20)18-14-22-19(25-18)7-6-15-8-10-21-11-9-15/h1-5,8-14H,6-7H2,(H,22,25). The van der Waals surface area contributed by atoms with Crippen LogP contribution in [0, 0.1) is 0 Å². The van der Waals surface area contributed by atoms with Gasteiger partial charge in [-0.2, -0.15) is 0 Å². The van der Waals surface area contributed by atoms with E-state index in [9.17, 15) is 0 Å². The van der Waals surface area contributed by atoms with Crippen molar-refractivity contribution in [3.05, 3.63) is 84.8 Å². The summed E-state index contributed by atoms with van der Waals surface area (Å²) >= 11 is 0. The Morgan fingerprint density at radius 3 is 2.32 bits per heavy atom. The summed E-state index contributed by atoms with van der Waals surface area (Å²) in [5.74, 6) is 1.68. The van der Waals surface area contributed by atoms with Crippen molar-refractivity contribution in [3.8, 4) is 22.6 Å². The van der Waals surface area contributed by atoms with Crippen molar-refractivity contribution in [3.63, 3.8) is 0 Å². The molecule has 0 aliphatic rings. The van der Waals surface area contributed by atoms with Gasteiger partial charge in [0.25, 0.3) is 0 Å². The predicted molar refractivity (Wildman–Crippen MR) is 96.7 cm³/mol. The minimum Gasteiger partial charge on any atom is -0.348 e. The van der Waals surface area contributed by atoms with Crippen LogP contribution in [0.5, 0.6) is 0 Å². The third-order valence-corrected chi connectivity index (χ3v) is 4.01. The van der Waals surface area contributed by atoms with Crippen molar-refractivity contribution in [1.29, 1.82) is 0 Å². The molecule has 25 heavy (non-hydrogen) atoms. The fourth-order valence-corrected chi connectivity index (χ4v) is 2.65. The number of imidazole rings is 1. The molecule has 3 heterocycles. The highest BCUT2D eigenvalue weighted by molar-refractivity contribution is 5.60. The van der Waals surface area contributed by atoms with Gasteiger partial charge in [0.2, 0.25) is 0 Å². The zero-order chi connectivity index (χ0) is 16.9. The molecule has 0 spiro atoms. The molecule has 0 unspecified atom stereocenters. The topological polar surface area (TPSA) is 67.3 Å². The number of H-pyrrole nitrogens is 1. The van der Waals surface area contributed by atoms with E-state index in [1.54, 1.807) is 0 Å². The highest BCUT2D eigenvalue weighted by Gasteiger charge is 2.07. The molecule has 4 aromatic rings. The number of aromatic amines is 1. The Bertz CT molecular complexity index is 931. The maximum atomic E-state index is 4.65. The Morgan fingerprint density at radius 2 is 1.56 bits per heavy atom. The van der Waals surface area contributed by atoms with Crippen LogP contribution in [0.15, 0.2) is 73.4 Å². The number of nitrogens with zero attached hydrogens (tertiary/aromatic N) is 4. The lowest BCUT2D eigenvalue weighted by Crippen LogP contribution is -1.94. The fourth-order valence-electron chi connectivity index (χ4n) is 2.65. The second-order valence-corrected chi connectivity index (χ2v) is 5.75. The molecule has 0 aliphatic carbocycles. The van der Waals surface area contributed by atoms with Crippen molar-refractivity contribution in [2.45, 2.75) is 12.8 Å². The summed E-state index contributed by atoms with van der Waals surface area (Å²) in [7, 11) is 0. The number of aryl methyl sites for hydroxylation is 2. The lowest BCUT2D eigenvalue weighted by atomic mass is 10.1. The predicted octanol–water partition coefficient (Wildman–Crippen LogP) is 3.71. The molecule has 1 N–H and O–H groups in total. The van der Waals surface area contributed by atoms with E-state index in [1.165, 1.54) is 5.56 Å². The Hall–Kier alpha value is -3.34. The number of benzene rings is 1. The summed E-state index contributed by atoms with van der Waals surface area (Å²) in [5, 5.41) is 0. The van der Waals surface area contributed by atoms with E-state index in [0.29, 0.717) is 0 Å². The zero-order valence-electron chi connectivity index (χ0n) is 13.6. The number of rotatable bonds is 5. The number of hydrogen-bond acceptors (Lipinski definition) is 4. The van der Waals surface area contributed by atoms with E-state index in [0.717, 1.165) is 41.3 Å². The van der Waals surface area contributed by atoms with Gasteiger partial charge in [-0.15, -0.1) is 0 Å². The largest absolute Gasteiger partial charge is 0.348 e. The molecular weight excluding hydrogens is 310 g/mol. The van der Waals surface area contributed by atoms with Gasteiger partial charge in [0.15, 0.2) is 5.82 Å². The van der Waals surface area contributed by atoms with Crippen LogP contribution in [0.2, 0.25) is 0 Å². The third kappa shape index (κ3) is 3.61. The van der Waals surface area contributed by atoms with Crippen molar-refractivity contribution >= 4 is 0 Å². The highest BCUT2D eigenvalue weighted by Crippen LogP contribution is 2.19. The van der Waals surface area contributed by atoms with Crippen molar-refractivity contribution in [2.75, 3.05) is 0 Å². The second-order valence-electron chi connectivity index (χ2n) is 5.75. The van der Waals surface area contributed by atoms with E-state index in [1.807, 2.05) is 73.4 Å². The molecule has 5 nitrogen and oxygen atoms in total. The summed E-state index contributed by atoms with van der Waals surface area (Å²) in [6.07, 6.45) is 11.0. The van der Waals surface area contributed by atoms with Gasteiger partial charge in [-0.25, -0.2) is 15.0 Å². The van der Waals surface area contributed by atoms with E-state index < -0.39 is 0 Å². The van der Waals surface area contributed by atoms with E-state index in [-0.39, 0.29) is 0 Å². The molecule has 0 saturated heterocycles. The average molecular weight is 327 g/mol. The number of pyridine rings is 1. The molecule has 1 aromatic carbocycles. The van der Waals surface area contributed by atoms with Crippen LogP contribution in [0.3, 0.4) is 0 Å². The molecule has 0 fully saturated rings. The Labute approximate surface area is 145 Å². The molecule has 0 atom stereocenters. The molecule has 4 rings (SSSR count). The maximum absolute atomic E-state index is 4.65. The van der Waals surface area contributed by atoms with E-state index in [4.69, 9.17) is 0 Å². The molecular formula is C20H17N5. The van der Waals surface area contributed by atoms with Gasteiger partial charge in [-0.1, -0.05) is 30.3 Å². The summed E-state index contributed by atoms with van der Waals surface area (Å²) in [6.45, 7) is 0. The second kappa shape index (κ2) is 7.05. The molecule has 0 aliphatic heterocycles. The first-order chi connectivity index (χ1) is 12.4. The number of aromatic nitrogens is 5. The molecule has 5 heteroatoms. The van der Waals surface area contributed by atoms with Crippen LogP contribution in [-0.4, -0.2) is 24.9 Å². The molecule has 122 valence electrons. The monoisotopic (exact) mass is 327 g/mol. The van der Waals surface area contributed by atoms with Gasteiger partial charge in [-0.3, -0.25) is 4.98 Å². The molecule has 0 radical (unpaired) electrons. The van der Waals surface area contributed by atoms with Crippen LogP contribution in [0.25, 0.3) is 22.6 Å². The van der Waals surface area contributed by atoms with Gasteiger partial charge < -0.3 is 4.98 Å². The van der Waals surface area contributed by atoms with Crippen LogP contribution in [-0.2, 0) is 12.8 Å². The van der Waals surface area contributed by atoms with Gasteiger partial charge in [-0.05, 0) is 24.1 Å². The summed E-state index contributed by atoms with van der Waals surface area (Å²) < 4.78 is 0. The maximum Gasteiger partial charge on any atom is 0.159 e. The number of hydrogen-bond donors (Lipinski definition) is 1. The zero-order valence-corrected chi connectivity index (χ0v) is 13.6. The van der Waals surface area contributed by atoms with Crippen LogP contribution >= 0.6 is 0 Å². The Balaban J connectivity index is 1.46. The summed E-state index contributed by atoms with van der Waals surface area (Å²) in [6, 6.07) is 14.0. The van der Waals surface area contributed by atoms with Gasteiger partial charge in [0.1, 0.15) is 5.82 Å². The van der Waals surface area contributed by atoms with Crippen LogP contribution < -0.4 is 0 Å². The Kier molecular flexibility index (Phi) is 4.29. The summed E-state index contributed by atoms with van der Waals surface area (Å²) in [4.78, 5) is 20.8. The lowest BCUT2D eigenvalue weighted by Gasteiger charge is -2.01. The first kappa shape index (κ1) is 15.2. The molecule has 0 saturated carbocycles. The van der Waals surface area contributed by atoms with Crippen LogP contribution in [0.4, 0.5) is 0 Å².